The van der Waals surface area contributed by atoms with Crippen molar-refractivity contribution < 1.29 is 26.7 Å². The van der Waals surface area contributed by atoms with E-state index in [4.69, 9.17) is 0 Å². The molecule has 0 unspecified atom stereocenters. The molecule has 0 saturated heterocycles. The molecule has 3 rings (SSSR count). The quantitative estimate of drug-likeness (QED) is 0.630. The lowest BCUT2D eigenvalue weighted by atomic mass is 9.98. The van der Waals surface area contributed by atoms with Gasteiger partial charge in [0.15, 0.2) is 11.6 Å². The van der Waals surface area contributed by atoms with Crippen molar-refractivity contribution in [1.82, 2.24) is 0 Å². The molecule has 0 radical (unpaired) electrons. The van der Waals surface area contributed by atoms with E-state index >= 15 is 0 Å². The van der Waals surface area contributed by atoms with Crippen molar-refractivity contribution in [2.75, 3.05) is 5.32 Å². The fraction of sp³-hybridized carbons (Fsp3) is 0.0909. The highest BCUT2D eigenvalue weighted by Gasteiger charge is 2.33. The summed E-state index contributed by atoms with van der Waals surface area (Å²) in [6.45, 7) is 0. The minimum absolute atomic E-state index is 0.0628. The van der Waals surface area contributed by atoms with E-state index in [1.54, 1.807) is 0 Å². The zero-order valence-corrected chi connectivity index (χ0v) is 15.2. The number of nitrogens with one attached hydrogen (secondary N) is 1. The summed E-state index contributed by atoms with van der Waals surface area (Å²) in [6.07, 6.45) is -1.37. The molecule has 1 amide bonds. The summed E-state index contributed by atoms with van der Waals surface area (Å²) in [6, 6.07) is 10.7. The monoisotopic (exact) mass is 416 g/mol. The molecule has 0 bridgehead atoms. The van der Waals surface area contributed by atoms with Crippen LogP contribution in [0.4, 0.5) is 27.6 Å². The molecule has 2 aromatic carbocycles. The molecule has 3 nitrogen and oxygen atoms in total. The number of carbonyl (C=O) groups is 1. The molecule has 0 atom stereocenters. The van der Waals surface area contributed by atoms with E-state index in [-0.39, 0.29) is 23.3 Å². The van der Waals surface area contributed by atoms with Crippen molar-refractivity contribution in [2.45, 2.75) is 12.6 Å². The second-order valence-corrected chi connectivity index (χ2v) is 6.35. The van der Waals surface area contributed by atoms with Crippen molar-refractivity contribution in [3.63, 3.8) is 0 Å². The van der Waals surface area contributed by atoms with Crippen LogP contribution in [0, 0.1) is 23.0 Å². The van der Waals surface area contributed by atoms with Crippen molar-refractivity contribution in [2.24, 2.45) is 0 Å². The normalized spacial score (nSPS) is 14.1. The Kier molecular flexibility index (Phi) is 5.83. The van der Waals surface area contributed by atoms with Crippen LogP contribution in [-0.2, 0) is 0 Å². The van der Waals surface area contributed by atoms with Crippen LogP contribution >= 0.6 is 0 Å². The van der Waals surface area contributed by atoms with Gasteiger partial charge in [0.05, 0.1) is 17.2 Å². The Hall–Kier alpha value is -3.73. The number of nitriles is 1. The Morgan fingerprint density at radius 1 is 1.07 bits per heavy atom. The summed E-state index contributed by atoms with van der Waals surface area (Å²) in [5.74, 6) is -3.33. The van der Waals surface area contributed by atoms with Gasteiger partial charge in [0.2, 0.25) is 0 Å². The van der Waals surface area contributed by atoms with E-state index in [2.05, 4.69) is 5.32 Å². The zero-order valence-electron chi connectivity index (χ0n) is 15.2. The van der Waals surface area contributed by atoms with Gasteiger partial charge >= 0.3 is 6.18 Å². The molecule has 1 N–H and O–H groups in total. The predicted molar refractivity (Wildman–Crippen MR) is 101 cm³/mol. The lowest BCUT2D eigenvalue weighted by Gasteiger charge is -2.11. The van der Waals surface area contributed by atoms with Gasteiger partial charge < -0.3 is 5.32 Å². The standard InChI is InChI=1S/C22H13F5N2O/c23-19-6-2-5-17(20(19)24)21(30)29-16-9-7-13(8-10-16)18-11-15(22(25,26)27)4-1-3-14(18)12-28/h1-3,5-11H,4H2,(H,29,30). The van der Waals surface area contributed by atoms with Crippen LogP contribution < -0.4 is 5.32 Å². The summed E-state index contributed by atoms with van der Waals surface area (Å²) in [4.78, 5) is 12.2. The van der Waals surface area contributed by atoms with Gasteiger partial charge in [0.1, 0.15) is 0 Å². The lowest BCUT2D eigenvalue weighted by Crippen LogP contribution is -2.14. The van der Waals surface area contributed by atoms with Gasteiger partial charge in [0, 0.05) is 11.3 Å². The molecule has 152 valence electrons. The van der Waals surface area contributed by atoms with Gasteiger partial charge in [-0.25, -0.2) is 8.78 Å². The summed E-state index contributed by atoms with van der Waals surface area (Å²) < 4.78 is 66.5. The molecule has 1 aliphatic rings. The average Bonchev–Trinajstić information content (AvgIpc) is 2.93. The van der Waals surface area contributed by atoms with Crippen molar-refractivity contribution in [3.8, 4) is 6.07 Å². The number of benzene rings is 2. The highest BCUT2D eigenvalue weighted by molar-refractivity contribution is 6.04. The Balaban J connectivity index is 1.90. The number of carbonyl (C=O) groups excluding carboxylic acids is 1. The minimum atomic E-state index is -4.54. The zero-order chi connectivity index (χ0) is 21.9. The molecule has 2 aromatic rings. The molecule has 8 heteroatoms. The van der Waals surface area contributed by atoms with Gasteiger partial charge in [-0.2, -0.15) is 18.4 Å². The first-order valence-electron chi connectivity index (χ1n) is 8.65. The summed E-state index contributed by atoms with van der Waals surface area (Å²) >= 11 is 0. The molecule has 0 fully saturated rings. The number of anilines is 1. The van der Waals surface area contributed by atoms with E-state index in [9.17, 15) is 32.0 Å². The second kappa shape index (κ2) is 8.33. The molecular formula is C22H13F5N2O. The van der Waals surface area contributed by atoms with Crippen LogP contribution in [0.1, 0.15) is 22.3 Å². The fourth-order valence-corrected chi connectivity index (χ4v) is 2.85. The Bertz CT molecular complexity index is 1120. The van der Waals surface area contributed by atoms with Crippen molar-refractivity contribution >= 4 is 17.2 Å². The first-order valence-corrected chi connectivity index (χ1v) is 8.65. The van der Waals surface area contributed by atoms with Crippen molar-refractivity contribution in [1.29, 1.82) is 5.26 Å². The first kappa shape index (κ1) is 21.0. The predicted octanol–water partition coefficient (Wildman–Crippen LogP) is 5.94. The maximum atomic E-state index is 13.7. The third kappa shape index (κ3) is 4.46. The molecule has 0 saturated carbocycles. The van der Waals surface area contributed by atoms with Gasteiger partial charge in [-0.1, -0.05) is 24.3 Å². The Morgan fingerprint density at radius 2 is 1.77 bits per heavy atom. The largest absolute Gasteiger partial charge is 0.413 e. The number of hydrogen-bond donors (Lipinski definition) is 1. The SMILES string of the molecule is N#CC1=C(c2ccc(NC(=O)c3cccc(F)c3F)cc2)C=C(C(F)(F)F)CC=C1. The third-order valence-corrected chi connectivity index (χ3v) is 4.37. The van der Waals surface area contributed by atoms with Crippen LogP contribution in [-0.4, -0.2) is 12.1 Å². The van der Waals surface area contributed by atoms with E-state index in [0.717, 1.165) is 18.2 Å². The number of amides is 1. The molecule has 0 heterocycles. The van der Waals surface area contributed by atoms with E-state index in [0.29, 0.717) is 5.56 Å². The van der Waals surface area contributed by atoms with Crippen molar-refractivity contribution in [3.05, 3.63) is 94.6 Å². The summed E-state index contributed by atoms with van der Waals surface area (Å²) in [5.41, 5.74) is -0.579. The maximum absolute atomic E-state index is 13.7. The number of nitrogens with zero attached hydrogens (tertiary/aromatic N) is 1. The van der Waals surface area contributed by atoms with Crippen LogP contribution in [0.3, 0.4) is 0 Å². The highest BCUT2D eigenvalue weighted by atomic mass is 19.4. The molecular weight excluding hydrogens is 403 g/mol. The Morgan fingerprint density at radius 3 is 2.40 bits per heavy atom. The number of halogens is 5. The van der Waals surface area contributed by atoms with Gasteiger partial charge in [0.25, 0.3) is 5.91 Å². The maximum Gasteiger partial charge on any atom is 0.413 e. The van der Waals surface area contributed by atoms with E-state index in [1.807, 2.05) is 6.07 Å². The van der Waals surface area contributed by atoms with Crippen LogP contribution in [0.5, 0.6) is 0 Å². The first-order chi connectivity index (χ1) is 14.2. The lowest BCUT2D eigenvalue weighted by molar-refractivity contribution is -0.0928. The van der Waals surface area contributed by atoms with Crippen LogP contribution in [0.25, 0.3) is 5.57 Å². The summed E-state index contributed by atoms with van der Waals surface area (Å²) in [5, 5.41) is 11.7. The topological polar surface area (TPSA) is 52.9 Å². The fourth-order valence-electron chi connectivity index (χ4n) is 2.85. The molecule has 30 heavy (non-hydrogen) atoms. The molecule has 0 aromatic heterocycles. The molecule has 1 aliphatic carbocycles. The molecule has 0 spiro atoms. The highest BCUT2D eigenvalue weighted by Crippen LogP contribution is 2.35. The number of rotatable bonds is 3. The smallest absolute Gasteiger partial charge is 0.322 e. The molecule has 0 aliphatic heterocycles. The van der Waals surface area contributed by atoms with Crippen LogP contribution in [0.2, 0.25) is 0 Å². The van der Waals surface area contributed by atoms with Crippen LogP contribution in [0.15, 0.2) is 71.8 Å². The third-order valence-electron chi connectivity index (χ3n) is 4.37. The van der Waals surface area contributed by atoms with E-state index < -0.39 is 34.9 Å². The summed E-state index contributed by atoms with van der Waals surface area (Å²) in [7, 11) is 0. The number of allylic oxidation sites excluding steroid dienone is 6. The average molecular weight is 416 g/mol. The Labute approximate surface area is 168 Å². The van der Waals surface area contributed by atoms with Gasteiger partial charge in [-0.15, -0.1) is 0 Å². The second-order valence-electron chi connectivity index (χ2n) is 6.35. The van der Waals surface area contributed by atoms with E-state index in [1.165, 1.54) is 42.5 Å². The number of hydrogen-bond acceptors (Lipinski definition) is 2. The minimum Gasteiger partial charge on any atom is -0.322 e. The van der Waals surface area contributed by atoms with Gasteiger partial charge in [-0.05, 0) is 54.0 Å². The number of alkyl halides is 3. The van der Waals surface area contributed by atoms with Gasteiger partial charge in [-0.3, -0.25) is 4.79 Å².